The van der Waals surface area contributed by atoms with Crippen LogP contribution in [0.15, 0.2) is 18.2 Å². The lowest BCUT2D eigenvalue weighted by Crippen LogP contribution is -2.33. The van der Waals surface area contributed by atoms with Gasteiger partial charge in [-0.25, -0.2) is 8.78 Å². The first-order valence-electron chi connectivity index (χ1n) is 5.01. The smallest absolute Gasteiger partial charge is 0.254 e. The highest BCUT2D eigenvalue weighted by Gasteiger charge is 2.20. The maximum absolute atomic E-state index is 13.3. The van der Waals surface area contributed by atoms with Gasteiger partial charge < -0.3 is 5.32 Å². The van der Waals surface area contributed by atoms with Gasteiger partial charge in [0.15, 0.2) is 11.6 Å². The molecule has 0 saturated heterocycles. The number of amides is 1. The number of hydrogen-bond donors (Lipinski definition) is 1. The molecular formula is C12H12F2N2O. The Balaban J connectivity index is 2.79. The molecule has 90 valence electrons. The standard InChI is InChI=1S/C12H12F2N2O/c1-12(2,6-15)7-16-11(17)8-4-3-5-9(13)10(8)14/h3-5H,7H2,1-2H3,(H,16,17). The first kappa shape index (κ1) is 13.1. The summed E-state index contributed by atoms with van der Waals surface area (Å²) >= 11 is 0. The molecule has 1 N–H and O–H groups in total. The topological polar surface area (TPSA) is 52.9 Å². The minimum atomic E-state index is -1.18. The molecule has 0 fully saturated rings. The van der Waals surface area contributed by atoms with Crippen LogP contribution in [0.3, 0.4) is 0 Å². The molecule has 0 heterocycles. The fourth-order valence-corrected chi connectivity index (χ4v) is 1.12. The summed E-state index contributed by atoms with van der Waals surface area (Å²) in [6.07, 6.45) is 0. The molecule has 0 bridgehead atoms. The summed E-state index contributed by atoms with van der Waals surface area (Å²) in [4.78, 5) is 11.6. The molecule has 0 aromatic heterocycles. The molecule has 1 aromatic carbocycles. The molecule has 0 aliphatic carbocycles. The van der Waals surface area contributed by atoms with Crippen molar-refractivity contribution in [1.82, 2.24) is 5.32 Å². The molecule has 1 amide bonds. The molecule has 5 heteroatoms. The van der Waals surface area contributed by atoms with Gasteiger partial charge in [0.25, 0.3) is 5.91 Å². The van der Waals surface area contributed by atoms with E-state index in [-0.39, 0.29) is 12.1 Å². The van der Waals surface area contributed by atoms with Crippen LogP contribution in [0, 0.1) is 28.4 Å². The summed E-state index contributed by atoms with van der Waals surface area (Å²) in [6.45, 7) is 3.34. The number of nitrogens with one attached hydrogen (secondary N) is 1. The van der Waals surface area contributed by atoms with E-state index in [4.69, 9.17) is 5.26 Å². The summed E-state index contributed by atoms with van der Waals surface area (Å²) in [7, 11) is 0. The van der Waals surface area contributed by atoms with Crippen molar-refractivity contribution in [3.05, 3.63) is 35.4 Å². The molecule has 0 saturated carbocycles. The Labute approximate surface area is 98.1 Å². The maximum atomic E-state index is 13.3. The van der Waals surface area contributed by atoms with Crippen molar-refractivity contribution in [2.75, 3.05) is 6.54 Å². The van der Waals surface area contributed by atoms with Crippen molar-refractivity contribution < 1.29 is 13.6 Å². The van der Waals surface area contributed by atoms with Gasteiger partial charge in [0.1, 0.15) is 0 Å². The number of benzene rings is 1. The number of carbonyl (C=O) groups is 1. The molecular weight excluding hydrogens is 226 g/mol. The molecule has 0 atom stereocenters. The number of carbonyl (C=O) groups excluding carboxylic acids is 1. The van der Waals surface area contributed by atoms with E-state index in [0.29, 0.717) is 0 Å². The van der Waals surface area contributed by atoms with E-state index in [9.17, 15) is 13.6 Å². The van der Waals surface area contributed by atoms with Crippen molar-refractivity contribution in [3.8, 4) is 6.07 Å². The zero-order valence-electron chi connectivity index (χ0n) is 9.55. The second-order valence-electron chi connectivity index (χ2n) is 4.28. The summed E-state index contributed by atoms with van der Waals surface area (Å²) in [5, 5.41) is 11.1. The lowest BCUT2D eigenvalue weighted by atomic mass is 9.96. The zero-order valence-corrected chi connectivity index (χ0v) is 9.55. The van der Waals surface area contributed by atoms with E-state index >= 15 is 0 Å². The lowest BCUT2D eigenvalue weighted by molar-refractivity contribution is 0.0938. The maximum Gasteiger partial charge on any atom is 0.254 e. The first-order valence-corrected chi connectivity index (χ1v) is 5.01. The second-order valence-corrected chi connectivity index (χ2v) is 4.28. The van der Waals surface area contributed by atoms with Gasteiger partial charge >= 0.3 is 0 Å². The summed E-state index contributed by atoms with van der Waals surface area (Å²) in [6, 6.07) is 5.37. The van der Waals surface area contributed by atoms with E-state index in [2.05, 4.69) is 5.32 Å². The quantitative estimate of drug-likeness (QED) is 0.878. The van der Waals surface area contributed by atoms with Crippen LogP contribution in [0.1, 0.15) is 24.2 Å². The number of rotatable bonds is 3. The van der Waals surface area contributed by atoms with Gasteiger partial charge in [-0.3, -0.25) is 4.79 Å². The number of nitrogens with zero attached hydrogens (tertiary/aromatic N) is 1. The summed E-state index contributed by atoms with van der Waals surface area (Å²) < 4.78 is 26.1. The SMILES string of the molecule is CC(C)(C#N)CNC(=O)c1cccc(F)c1F. The third kappa shape index (κ3) is 3.25. The second kappa shape index (κ2) is 4.91. The van der Waals surface area contributed by atoms with Crippen LogP contribution in [0.2, 0.25) is 0 Å². The highest BCUT2D eigenvalue weighted by atomic mass is 19.2. The van der Waals surface area contributed by atoms with Gasteiger partial charge in [-0.1, -0.05) is 6.07 Å². The van der Waals surface area contributed by atoms with Crippen LogP contribution >= 0.6 is 0 Å². The molecule has 0 aliphatic rings. The van der Waals surface area contributed by atoms with Gasteiger partial charge in [-0.2, -0.15) is 5.26 Å². The first-order chi connectivity index (χ1) is 7.87. The number of nitriles is 1. The summed E-state index contributed by atoms with van der Waals surface area (Å²) in [5.41, 5.74) is -1.11. The van der Waals surface area contributed by atoms with Crippen molar-refractivity contribution in [1.29, 1.82) is 5.26 Å². The Bertz CT molecular complexity index is 478. The van der Waals surface area contributed by atoms with Crippen LogP contribution < -0.4 is 5.32 Å². The highest BCUT2D eigenvalue weighted by molar-refractivity contribution is 5.94. The van der Waals surface area contributed by atoms with E-state index in [0.717, 1.165) is 6.07 Å². The molecule has 0 unspecified atom stereocenters. The van der Waals surface area contributed by atoms with Gasteiger partial charge in [0.2, 0.25) is 0 Å². The Morgan fingerprint density at radius 3 is 2.71 bits per heavy atom. The predicted octanol–water partition coefficient (Wildman–Crippen LogP) is 2.24. The van der Waals surface area contributed by atoms with Crippen LogP contribution in [-0.2, 0) is 0 Å². The van der Waals surface area contributed by atoms with Crippen LogP contribution in [0.5, 0.6) is 0 Å². The lowest BCUT2D eigenvalue weighted by Gasteiger charge is -2.15. The van der Waals surface area contributed by atoms with Gasteiger partial charge in [-0.15, -0.1) is 0 Å². The van der Waals surface area contributed by atoms with Crippen molar-refractivity contribution >= 4 is 5.91 Å². The monoisotopic (exact) mass is 238 g/mol. The van der Waals surface area contributed by atoms with E-state index in [1.807, 2.05) is 6.07 Å². The number of halogens is 2. The highest BCUT2D eigenvalue weighted by Crippen LogP contribution is 2.13. The Kier molecular flexibility index (Phi) is 3.79. The van der Waals surface area contributed by atoms with E-state index in [1.165, 1.54) is 12.1 Å². The zero-order chi connectivity index (χ0) is 13.1. The largest absolute Gasteiger partial charge is 0.350 e. The van der Waals surface area contributed by atoms with Crippen LogP contribution in [-0.4, -0.2) is 12.5 Å². The molecule has 1 rings (SSSR count). The van der Waals surface area contributed by atoms with Gasteiger partial charge in [-0.05, 0) is 26.0 Å². The minimum Gasteiger partial charge on any atom is -0.350 e. The molecule has 0 spiro atoms. The van der Waals surface area contributed by atoms with E-state index in [1.54, 1.807) is 13.8 Å². The number of hydrogen-bond acceptors (Lipinski definition) is 2. The van der Waals surface area contributed by atoms with Crippen molar-refractivity contribution in [2.45, 2.75) is 13.8 Å². The van der Waals surface area contributed by atoms with Crippen molar-refractivity contribution in [3.63, 3.8) is 0 Å². The van der Waals surface area contributed by atoms with Gasteiger partial charge in [0, 0.05) is 6.54 Å². The molecule has 0 radical (unpaired) electrons. The molecule has 3 nitrogen and oxygen atoms in total. The normalized spacial score (nSPS) is 10.8. The minimum absolute atomic E-state index is 0.0677. The van der Waals surface area contributed by atoms with Crippen molar-refractivity contribution in [2.24, 2.45) is 5.41 Å². The Morgan fingerprint density at radius 1 is 1.47 bits per heavy atom. The molecule has 1 aromatic rings. The molecule has 17 heavy (non-hydrogen) atoms. The average Bonchev–Trinajstić information content (AvgIpc) is 2.30. The average molecular weight is 238 g/mol. The fourth-order valence-electron chi connectivity index (χ4n) is 1.12. The predicted molar refractivity (Wildman–Crippen MR) is 58.1 cm³/mol. The third-order valence-electron chi connectivity index (χ3n) is 2.19. The Hall–Kier alpha value is -1.96. The molecule has 0 aliphatic heterocycles. The Morgan fingerprint density at radius 2 is 2.12 bits per heavy atom. The van der Waals surface area contributed by atoms with Crippen LogP contribution in [0.25, 0.3) is 0 Å². The fraction of sp³-hybridized carbons (Fsp3) is 0.333. The van der Waals surface area contributed by atoms with Crippen LogP contribution in [0.4, 0.5) is 8.78 Å². The van der Waals surface area contributed by atoms with E-state index < -0.39 is 23.0 Å². The third-order valence-corrected chi connectivity index (χ3v) is 2.19. The summed E-state index contributed by atoms with van der Waals surface area (Å²) in [5.74, 6) is -2.98. The van der Waals surface area contributed by atoms with Gasteiger partial charge in [0.05, 0.1) is 17.0 Å².